The van der Waals surface area contributed by atoms with Gasteiger partial charge in [0.15, 0.2) is 0 Å². The molecule has 0 fully saturated rings. The molecule has 1 N–H and O–H groups in total. The predicted molar refractivity (Wildman–Crippen MR) is 19.8 cm³/mol. The Morgan fingerprint density at radius 2 is 1.80 bits per heavy atom. The monoisotopic (exact) mass is 71.1 g/mol. The van der Waals surface area contributed by atoms with Crippen molar-refractivity contribution < 1.29 is 4.58 Å². The maximum Gasteiger partial charge on any atom is 0.303 e. The van der Waals surface area contributed by atoms with Crippen LogP contribution in [0.3, 0.4) is 0 Å². The van der Waals surface area contributed by atoms with E-state index in [-0.39, 0.29) is 0 Å². The van der Waals surface area contributed by atoms with E-state index in [0.717, 1.165) is 0 Å². The second kappa shape index (κ2) is 1.68. The molecule has 0 heterocycles. The molecule has 0 aliphatic rings. The lowest BCUT2D eigenvalue weighted by atomic mass is 11.1. The lowest BCUT2D eigenvalue weighted by molar-refractivity contribution is -0.458. The molecule has 0 bridgehead atoms. The van der Waals surface area contributed by atoms with Crippen molar-refractivity contribution in [1.82, 2.24) is 0 Å². The Balaban J connectivity index is 3.60. The van der Waals surface area contributed by atoms with Crippen molar-refractivity contribution in [2.24, 2.45) is 0 Å². The molecule has 0 aromatic rings. The Labute approximate surface area is 31.3 Å². The highest BCUT2D eigenvalue weighted by Gasteiger charge is 1.60. The van der Waals surface area contributed by atoms with Gasteiger partial charge >= 0.3 is 6.01 Å². The molecule has 0 amide bonds. The standard InChI is InChI=1S/C3H7N2/c1-5(2)3-4/h4H,1-2H3/q+1. The van der Waals surface area contributed by atoms with Gasteiger partial charge in [0.25, 0.3) is 0 Å². The second-order valence-corrected chi connectivity index (χ2v) is 1.01. The molecule has 0 rings (SSSR count). The zero-order valence-electron chi connectivity index (χ0n) is 3.45. The van der Waals surface area contributed by atoms with Crippen LogP contribution < -0.4 is 0 Å². The molecule has 0 aliphatic carbocycles. The van der Waals surface area contributed by atoms with E-state index in [1.54, 1.807) is 18.7 Å². The summed E-state index contributed by atoms with van der Waals surface area (Å²) in [5.41, 5.74) is 0. The van der Waals surface area contributed by atoms with Crippen LogP contribution in [-0.4, -0.2) is 24.7 Å². The molecule has 0 saturated carbocycles. The Kier molecular flexibility index (Phi) is 1.47. The molecule has 0 aliphatic heterocycles. The van der Waals surface area contributed by atoms with E-state index in [4.69, 9.17) is 5.41 Å². The van der Waals surface area contributed by atoms with Crippen LogP contribution in [0.2, 0.25) is 0 Å². The molecule has 2 nitrogen and oxygen atoms in total. The van der Waals surface area contributed by atoms with Gasteiger partial charge in [-0.05, 0) is 0 Å². The van der Waals surface area contributed by atoms with Gasteiger partial charge in [0.1, 0.15) is 0 Å². The fourth-order valence-corrected chi connectivity index (χ4v) is 0. The van der Waals surface area contributed by atoms with Crippen LogP contribution in [0.25, 0.3) is 0 Å². The van der Waals surface area contributed by atoms with E-state index >= 15 is 0 Å². The summed E-state index contributed by atoms with van der Waals surface area (Å²) in [4.78, 5) is 0. The SMILES string of the molecule is C[N+](C)=C=N. The molecule has 0 saturated heterocycles. The quantitative estimate of drug-likeness (QED) is 0.308. The Morgan fingerprint density at radius 1 is 1.60 bits per heavy atom. The molecule has 0 atom stereocenters. The first kappa shape index (κ1) is 4.38. The van der Waals surface area contributed by atoms with Crippen LogP contribution in [0.15, 0.2) is 0 Å². The summed E-state index contributed by atoms with van der Waals surface area (Å²) in [7, 11) is 3.51. The highest BCUT2D eigenvalue weighted by Crippen LogP contribution is 1.35. The zero-order valence-corrected chi connectivity index (χ0v) is 3.45. The summed E-state index contributed by atoms with van der Waals surface area (Å²) in [5, 5.41) is 6.33. The molecule has 28 valence electrons. The minimum Gasteiger partial charge on any atom is -0.226 e. The normalized spacial score (nSPS) is 6.00. The van der Waals surface area contributed by atoms with Gasteiger partial charge in [-0.3, -0.25) is 0 Å². The number of hydrogen-bond donors (Lipinski definition) is 1. The van der Waals surface area contributed by atoms with E-state index in [2.05, 4.69) is 6.01 Å². The van der Waals surface area contributed by atoms with Gasteiger partial charge in [-0.15, -0.1) is 0 Å². The summed E-state index contributed by atoms with van der Waals surface area (Å²) in [6.45, 7) is 0. The molecular weight excluding hydrogens is 64.0 g/mol. The van der Waals surface area contributed by atoms with E-state index in [1.165, 1.54) is 0 Å². The van der Waals surface area contributed by atoms with Crippen molar-refractivity contribution in [3.8, 4) is 0 Å². The average molecular weight is 71.1 g/mol. The molecule has 0 aromatic carbocycles. The van der Waals surface area contributed by atoms with E-state index in [1.807, 2.05) is 0 Å². The van der Waals surface area contributed by atoms with Gasteiger partial charge in [0.2, 0.25) is 0 Å². The fourth-order valence-electron chi connectivity index (χ4n) is 0. The first-order valence-corrected chi connectivity index (χ1v) is 1.37. The van der Waals surface area contributed by atoms with Crippen LogP contribution in [0.4, 0.5) is 0 Å². The molecule has 5 heavy (non-hydrogen) atoms. The van der Waals surface area contributed by atoms with E-state index in [9.17, 15) is 0 Å². The van der Waals surface area contributed by atoms with Gasteiger partial charge in [-0.1, -0.05) is 5.41 Å². The number of nitrogens with one attached hydrogen (secondary N) is 1. The van der Waals surface area contributed by atoms with Crippen molar-refractivity contribution in [3.05, 3.63) is 0 Å². The zero-order chi connectivity index (χ0) is 4.28. The highest BCUT2D eigenvalue weighted by molar-refractivity contribution is 5.27. The third-order valence-corrected chi connectivity index (χ3v) is 0.224. The maximum absolute atomic E-state index is 6.33. The topological polar surface area (TPSA) is 26.9 Å². The van der Waals surface area contributed by atoms with Crippen molar-refractivity contribution >= 4 is 6.01 Å². The van der Waals surface area contributed by atoms with Crippen LogP contribution in [0.5, 0.6) is 0 Å². The number of nitrogens with zero attached hydrogens (tertiary/aromatic N) is 1. The average Bonchev–Trinajstić information content (AvgIpc) is 1.38. The molecule has 0 spiro atoms. The smallest absolute Gasteiger partial charge is 0.226 e. The van der Waals surface area contributed by atoms with Crippen LogP contribution in [0, 0.1) is 5.41 Å². The van der Waals surface area contributed by atoms with Crippen LogP contribution in [-0.2, 0) is 0 Å². The van der Waals surface area contributed by atoms with E-state index < -0.39 is 0 Å². The maximum atomic E-state index is 6.33. The summed E-state index contributed by atoms with van der Waals surface area (Å²) in [6.07, 6.45) is 0. The number of hydrogen-bond acceptors (Lipinski definition) is 1. The number of rotatable bonds is 0. The Hall–Kier alpha value is -0.620. The third kappa shape index (κ3) is 3.38. The summed E-state index contributed by atoms with van der Waals surface area (Å²) in [5.74, 6) is 0. The molecule has 0 aromatic heterocycles. The summed E-state index contributed by atoms with van der Waals surface area (Å²) < 4.78 is 1.54. The minimum absolute atomic E-state index is 1.54. The first-order valence-electron chi connectivity index (χ1n) is 1.37. The Morgan fingerprint density at radius 3 is 1.80 bits per heavy atom. The third-order valence-electron chi connectivity index (χ3n) is 0.224. The van der Waals surface area contributed by atoms with Gasteiger partial charge in [0.05, 0.1) is 14.1 Å². The predicted octanol–water partition coefficient (Wildman–Crippen LogP) is 0.0112. The van der Waals surface area contributed by atoms with E-state index in [0.29, 0.717) is 0 Å². The lowest BCUT2D eigenvalue weighted by Crippen LogP contribution is -1.89. The van der Waals surface area contributed by atoms with Crippen molar-refractivity contribution in [3.63, 3.8) is 0 Å². The van der Waals surface area contributed by atoms with Gasteiger partial charge in [-0.2, -0.15) is 0 Å². The molecule has 2 heteroatoms. The second-order valence-electron chi connectivity index (χ2n) is 1.01. The summed E-state index contributed by atoms with van der Waals surface area (Å²) >= 11 is 0. The fraction of sp³-hybridized carbons (Fsp3) is 0.667. The van der Waals surface area contributed by atoms with Crippen molar-refractivity contribution in [2.45, 2.75) is 0 Å². The van der Waals surface area contributed by atoms with Crippen molar-refractivity contribution in [2.75, 3.05) is 14.1 Å². The lowest BCUT2D eigenvalue weighted by Gasteiger charge is -1.67. The van der Waals surface area contributed by atoms with Crippen LogP contribution in [0.1, 0.15) is 0 Å². The van der Waals surface area contributed by atoms with Gasteiger partial charge in [0, 0.05) is 0 Å². The van der Waals surface area contributed by atoms with Crippen LogP contribution >= 0.6 is 0 Å². The molecular formula is C3H7N2+. The Bertz CT molecular complexity index is 65.0. The first-order chi connectivity index (χ1) is 2.27. The van der Waals surface area contributed by atoms with Gasteiger partial charge < -0.3 is 0 Å². The highest BCUT2D eigenvalue weighted by atomic mass is 14.9. The minimum atomic E-state index is 1.54. The molecule has 0 unspecified atom stereocenters. The van der Waals surface area contributed by atoms with Gasteiger partial charge in [-0.25, -0.2) is 4.58 Å². The largest absolute Gasteiger partial charge is 0.303 e. The summed E-state index contributed by atoms with van der Waals surface area (Å²) in [6, 6.07) is 2.11. The van der Waals surface area contributed by atoms with Crippen molar-refractivity contribution in [1.29, 1.82) is 5.41 Å². The molecule has 0 radical (unpaired) electrons.